The second-order valence-electron chi connectivity index (χ2n) is 4.13. The maximum atomic E-state index is 5.59. The first kappa shape index (κ1) is 10.1. The SMILES string of the molecule is Cc1cnc(NC2COc3ccccc32)nc1. The molecule has 2 heterocycles. The Morgan fingerprint density at radius 2 is 2.00 bits per heavy atom. The first-order valence-corrected chi connectivity index (χ1v) is 5.60. The lowest BCUT2D eigenvalue weighted by Crippen LogP contribution is -2.13. The summed E-state index contributed by atoms with van der Waals surface area (Å²) in [7, 11) is 0. The molecule has 1 aromatic heterocycles. The van der Waals surface area contributed by atoms with E-state index in [0.717, 1.165) is 16.9 Å². The van der Waals surface area contributed by atoms with Crippen molar-refractivity contribution >= 4 is 5.95 Å². The number of aromatic nitrogens is 2. The van der Waals surface area contributed by atoms with Crippen molar-refractivity contribution in [2.24, 2.45) is 0 Å². The smallest absolute Gasteiger partial charge is 0.223 e. The predicted octanol–water partition coefficient (Wildman–Crippen LogP) is 2.33. The van der Waals surface area contributed by atoms with Gasteiger partial charge in [-0.3, -0.25) is 0 Å². The van der Waals surface area contributed by atoms with E-state index in [1.807, 2.05) is 25.1 Å². The summed E-state index contributed by atoms with van der Waals surface area (Å²) >= 11 is 0. The van der Waals surface area contributed by atoms with Crippen LogP contribution in [0, 0.1) is 6.92 Å². The topological polar surface area (TPSA) is 47.0 Å². The Morgan fingerprint density at radius 3 is 2.82 bits per heavy atom. The lowest BCUT2D eigenvalue weighted by Gasteiger charge is -2.11. The van der Waals surface area contributed by atoms with Crippen LogP contribution in [0.3, 0.4) is 0 Å². The molecule has 0 saturated heterocycles. The molecule has 1 aliphatic rings. The molecule has 0 bridgehead atoms. The molecule has 2 aromatic rings. The molecule has 0 spiro atoms. The number of benzene rings is 1. The van der Waals surface area contributed by atoms with Gasteiger partial charge in [-0.1, -0.05) is 18.2 Å². The van der Waals surface area contributed by atoms with Gasteiger partial charge in [-0.25, -0.2) is 9.97 Å². The van der Waals surface area contributed by atoms with Crippen LogP contribution in [-0.4, -0.2) is 16.6 Å². The van der Waals surface area contributed by atoms with Gasteiger partial charge in [-0.2, -0.15) is 0 Å². The van der Waals surface area contributed by atoms with Crippen LogP contribution in [0.5, 0.6) is 5.75 Å². The molecule has 0 aliphatic carbocycles. The molecular formula is C13H13N3O. The van der Waals surface area contributed by atoms with Crippen molar-refractivity contribution in [1.82, 2.24) is 9.97 Å². The number of nitrogens with one attached hydrogen (secondary N) is 1. The standard InChI is InChI=1S/C13H13N3O/c1-9-6-14-13(15-7-9)16-11-8-17-12-5-3-2-4-10(11)12/h2-7,11H,8H2,1H3,(H,14,15,16). The highest BCUT2D eigenvalue weighted by Gasteiger charge is 2.23. The van der Waals surface area contributed by atoms with E-state index in [0.29, 0.717) is 12.6 Å². The quantitative estimate of drug-likeness (QED) is 0.855. The minimum Gasteiger partial charge on any atom is -0.491 e. The van der Waals surface area contributed by atoms with Crippen LogP contribution in [0.1, 0.15) is 17.2 Å². The van der Waals surface area contributed by atoms with Crippen molar-refractivity contribution in [3.8, 4) is 5.75 Å². The molecule has 86 valence electrons. The third-order valence-corrected chi connectivity index (χ3v) is 2.78. The van der Waals surface area contributed by atoms with E-state index in [-0.39, 0.29) is 6.04 Å². The van der Waals surface area contributed by atoms with Crippen LogP contribution in [0.15, 0.2) is 36.7 Å². The molecule has 0 radical (unpaired) electrons. The van der Waals surface area contributed by atoms with Crippen molar-refractivity contribution in [3.05, 3.63) is 47.8 Å². The minimum atomic E-state index is 0.133. The molecule has 1 atom stereocenters. The van der Waals surface area contributed by atoms with Crippen LogP contribution in [-0.2, 0) is 0 Å². The fourth-order valence-electron chi connectivity index (χ4n) is 1.91. The Balaban J connectivity index is 1.81. The molecule has 0 saturated carbocycles. The average molecular weight is 227 g/mol. The van der Waals surface area contributed by atoms with Crippen LogP contribution in [0.25, 0.3) is 0 Å². The van der Waals surface area contributed by atoms with Gasteiger partial charge in [0.2, 0.25) is 5.95 Å². The third-order valence-electron chi connectivity index (χ3n) is 2.78. The molecule has 4 nitrogen and oxygen atoms in total. The highest BCUT2D eigenvalue weighted by atomic mass is 16.5. The Morgan fingerprint density at radius 1 is 1.24 bits per heavy atom. The van der Waals surface area contributed by atoms with Crippen LogP contribution >= 0.6 is 0 Å². The zero-order valence-corrected chi connectivity index (χ0v) is 9.55. The van der Waals surface area contributed by atoms with Gasteiger partial charge in [-0.05, 0) is 18.6 Å². The highest BCUT2D eigenvalue weighted by molar-refractivity contribution is 5.43. The van der Waals surface area contributed by atoms with E-state index in [1.165, 1.54) is 0 Å². The van der Waals surface area contributed by atoms with E-state index in [4.69, 9.17) is 4.74 Å². The van der Waals surface area contributed by atoms with Gasteiger partial charge < -0.3 is 10.1 Å². The molecule has 17 heavy (non-hydrogen) atoms. The zero-order chi connectivity index (χ0) is 11.7. The van der Waals surface area contributed by atoms with Gasteiger partial charge in [0, 0.05) is 18.0 Å². The second kappa shape index (κ2) is 4.05. The van der Waals surface area contributed by atoms with Gasteiger partial charge in [0.1, 0.15) is 12.4 Å². The molecule has 4 heteroatoms. The summed E-state index contributed by atoms with van der Waals surface area (Å²) in [5, 5.41) is 3.28. The number of rotatable bonds is 2. The second-order valence-corrected chi connectivity index (χ2v) is 4.13. The van der Waals surface area contributed by atoms with Gasteiger partial charge in [-0.15, -0.1) is 0 Å². The van der Waals surface area contributed by atoms with Crippen LogP contribution in [0.4, 0.5) is 5.95 Å². The summed E-state index contributed by atoms with van der Waals surface area (Å²) in [6, 6.07) is 8.16. The summed E-state index contributed by atoms with van der Waals surface area (Å²) in [5.74, 6) is 1.58. The van der Waals surface area contributed by atoms with Gasteiger partial charge in [0.15, 0.2) is 0 Å². The van der Waals surface area contributed by atoms with Crippen molar-refractivity contribution in [2.45, 2.75) is 13.0 Å². The van der Waals surface area contributed by atoms with E-state index in [2.05, 4.69) is 21.4 Å². The number of ether oxygens (including phenoxy) is 1. The summed E-state index contributed by atoms with van der Waals surface area (Å²) in [6.07, 6.45) is 3.61. The number of para-hydroxylation sites is 1. The maximum absolute atomic E-state index is 5.59. The molecular weight excluding hydrogens is 214 g/mol. The average Bonchev–Trinajstić information content (AvgIpc) is 2.76. The predicted molar refractivity (Wildman–Crippen MR) is 65.1 cm³/mol. The number of anilines is 1. The van der Waals surface area contributed by atoms with Crippen molar-refractivity contribution < 1.29 is 4.74 Å². The molecule has 0 amide bonds. The van der Waals surface area contributed by atoms with Gasteiger partial charge in [0.25, 0.3) is 0 Å². The zero-order valence-electron chi connectivity index (χ0n) is 9.55. The number of nitrogens with zero attached hydrogens (tertiary/aromatic N) is 2. The molecule has 0 fully saturated rings. The molecule has 3 rings (SSSR count). The summed E-state index contributed by atoms with van der Waals surface area (Å²) in [4.78, 5) is 8.47. The summed E-state index contributed by atoms with van der Waals surface area (Å²) < 4.78 is 5.59. The lowest BCUT2D eigenvalue weighted by molar-refractivity contribution is 0.339. The van der Waals surface area contributed by atoms with Gasteiger partial charge in [0.05, 0.1) is 6.04 Å². The van der Waals surface area contributed by atoms with Crippen molar-refractivity contribution in [3.63, 3.8) is 0 Å². The van der Waals surface area contributed by atoms with E-state index in [9.17, 15) is 0 Å². The van der Waals surface area contributed by atoms with E-state index >= 15 is 0 Å². The molecule has 1 unspecified atom stereocenters. The van der Waals surface area contributed by atoms with E-state index < -0.39 is 0 Å². The fraction of sp³-hybridized carbons (Fsp3) is 0.231. The normalized spacial score (nSPS) is 17.4. The van der Waals surface area contributed by atoms with Crippen molar-refractivity contribution in [1.29, 1.82) is 0 Å². The Bertz CT molecular complexity index is 524. The number of hydrogen-bond donors (Lipinski definition) is 1. The minimum absolute atomic E-state index is 0.133. The Hall–Kier alpha value is -2.10. The molecule has 1 N–H and O–H groups in total. The molecule has 1 aromatic carbocycles. The monoisotopic (exact) mass is 227 g/mol. The first-order valence-electron chi connectivity index (χ1n) is 5.60. The largest absolute Gasteiger partial charge is 0.491 e. The number of aryl methyl sites for hydroxylation is 1. The van der Waals surface area contributed by atoms with Crippen molar-refractivity contribution in [2.75, 3.05) is 11.9 Å². The van der Waals surface area contributed by atoms with Crippen LogP contribution < -0.4 is 10.1 Å². The Labute approximate surface area is 99.7 Å². The first-order chi connectivity index (χ1) is 8.33. The van der Waals surface area contributed by atoms with E-state index in [1.54, 1.807) is 12.4 Å². The van der Waals surface area contributed by atoms with Crippen LogP contribution in [0.2, 0.25) is 0 Å². The fourth-order valence-corrected chi connectivity index (χ4v) is 1.91. The van der Waals surface area contributed by atoms with Gasteiger partial charge >= 0.3 is 0 Å². The highest BCUT2D eigenvalue weighted by Crippen LogP contribution is 2.33. The third kappa shape index (κ3) is 1.93. The number of hydrogen-bond acceptors (Lipinski definition) is 4. The summed E-state index contributed by atoms with van der Waals surface area (Å²) in [5.41, 5.74) is 2.22. The maximum Gasteiger partial charge on any atom is 0.223 e. The molecule has 1 aliphatic heterocycles. The lowest BCUT2D eigenvalue weighted by atomic mass is 10.1. The summed E-state index contributed by atoms with van der Waals surface area (Å²) in [6.45, 7) is 2.59. The number of fused-ring (bicyclic) bond motifs is 1. The Kier molecular flexibility index (Phi) is 2.40.